The summed E-state index contributed by atoms with van der Waals surface area (Å²) in [6.45, 7) is 3.96. The number of rotatable bonds is 7. The van der Waals surface area contributed by atoms with Gasteiger partial charge in [0.25, 0.3) is 5.91 Å². The third-order valence-corrected chi connectivity index (χ3v) is 5.74. The average molecular weight is 411 g/mol. The third kappa shape index (κ3) is 5.59. The van der Waals surface area contributed by atoms with E-state index in [2.05, 4.69) is 34.5 Å². The first-order valence-electron chi connectivity index (χ1n) is 10.8. The summed E-state index contributed by atoms with van der Waals surface area (Å²) >= 11 is 0. The normalized spacial score (nSPS) is 18.4. The summed E-state index contributed by atoms with van der Waals surface area (Å²) in [5, 5.41) is 13.3. The van der Waals surface area contributed by atoms with Gasteiger partial charge in [0, 0.05) is 44.6 Å². The lowest BCUT2D eigenvalue weighted by Gasteiger charge is -2.30. The number of aliphatic hydroxyl groups excluding tert-OH is 1. The Morgan fingerprint density at radius 2 is 1.97 bits per heavy atom. The number of carbonyl (C=O) groups excluding carboxylic acids is 1. The minimum atomic E-state index is -0.610. The Morgan fingerprint density at radius 3 is 2.80 bits per heavy atom. The van der Waals surface area contributed by atoms with Crippen LogP contribution in [-0.2, 0) is 17.7 Å². The minimum Gasteiger partial charge on any atom is -0.490 e. The van der Waals surface area contributed by atoms with Crippen molar-refractivity contribution in [1.82, 2.24) is 10.2 Å². The first kappa shape index (κ1) is 20.8. The number of hydrogen-bond acceptors (Lipinski definition) is 5. The first-order valence-corrected chi connectivity index (χ1v) is 10.8. The quantitative estimate of drug-likeness (QED) is 0.734. The van der Waals surface area contributed by atoms with E-state index >= 15 is 0 Å². The van der Waals surface area contributed by atoms with E-state index in [0.29, 0.717) is 31.1 Å². The minimum absolute atomic E-state index is 0.133. The number of nitrogens with zero attached hydrogens (tertiary/aromatic N) is 1. The van der Waals surface area contributed by atoms with Crippen molar-refractivity contribution in [3.05, 3.63) is 65.2 Å². The molecule has 4 rings (SSSR count). The molecule has 1 amide bonds. The topological polar surface area (TPSA) is 71.0 Å². The fourth-order valence-corrected chi connectivity index (χ4v) is 4.08. The maximum Gasteiger partial charge on any atom is 0.251 e. The van der Waals surface area contributed by atoms with E-state index in [-0.39, 0.29) is 18.6 Å². The van der Waals surface area contributed by atoms with Gasteiger partial charge in [-0.1, -0.05) is 30.3 Å². The molecule has 6 heteroatoms. The molecule has 0 bridgehead atoms. The highest BCUT2D eigenvalue weighted by atomic mass is 16.5. The zero-order valence-electron chi connectivity index (χ0n) is 17.3. The van der Waals surface area contributed by atoms with Crippen molar-refractivity contribution < 1.29 is 19.4 Å². The molecule has 2 aliphatic rings. The summed E-state index contributed by atoms with van der Waals surface area (Å²) in [5.41, 5.74) is 3.25. The van der Waals surface area contributed by atoms with Crippen LogP contribution in [0, 0.1) is 0 Å². The summed E-state index contributed by atoms with van der Waals surface area (Å²) in [4.78, 5) is 14.8. The van der Waals surface area contributed by atoms with Gasteiger partial charge in [-0.3, -0.25) is 9.69 Å². The van der Waals surface area contributed by atoms with Gasteiger partial charge in [-0.15, -0.1) is 0 Å². The SMILES string of the molecule is O=C(NC[C@H](O)CN1CCc2ccccc2C1)c1cccc(OC2CCOCC2)c1. The fraction of sp³-hybridized carbons (Fsp3) is 0.458. The van der Waals surface area contributed by atoms with Gasteiger partial charge < -0.3 is 19.9 Å². The van der Waals surface area contributed by atoms with Crippen LogP contribution in [0.15, 0.2) is 48.5 Å². The number of benzene rings is 2. The van der Waals surface area contributed by atoms with Crippen LogP contribution in [0.25, 0.3) is 0 Å². The second-order valence-corrected chi connectivity index (χ2v) is 8.08. The lowest BCUT2D eigenvalue weighted by Crippen LogP contribution is -2.42. The van der Waals surface area contributed by atoms with Gasteiger partial charge in [-0.05, 0) is 35.7 Å². The fourth-order valence-electron chi connectivity index (χ4n) is 4.08. The van der Waals surface area contributed by atoms with Crippen molar-refractivity contribution in [1.29, 1.82) is 0 Å². The van der Waals surface area contributed by atoms with E-state index in [0.717, 1.165) is 32.4 Å². The van der Waals surface area contributed by atoms with E-state index in [9.17, 15) is 9.90 Å². The van der Waals surface area contributed by atoms with Crippen LogP contribution >= 0.6 is 0 Å². The lowest BCUT2D eigenvalue weighted by molar-refractivity contribution is 0.0255. The molecule has 0 saturated carbocycles. The highest BCUT2D eigenvalue weighted by molar-refractivity contribution is 5.94. The number of β-amino-alcohol motifs (C(OH)–C–C–N with tert-alkyl or cyclic N) is 1. The molecule has 1 saturated heterocycles. The van der Waals surface area contributed by atoms with Gasteiger partial charge in [0.1, 0.15) is 11.9 Å². The van der Waals surface area contributed by atoms with Crippen LogP contribution in [0.2, 0.25) is 0 Å². The van der Waals surface area contributed by atoms with E-state index < -0.39 is 6.10 Å². The predicted octanol–water partition coefficient (Wildman–Crippen LogP) is 2.39. The summed E-state index contributed by atoms with van der Waals surface area (Å²) in [6.07, 6.45) is 2.25. The maximum absolute atomic E-state index is 12.5. The zero-order chi connectivity index (χ0) is 20.8. The van der Waals surface area contributed by atoms with E-state index in [1.54, 1.807) is 12.1 Å². The van der Waals surface area contributed by atoms with Crippen LogP contribution in [-0.4, -0.2) is 61.0 Å². The molecule has 6 nitrogen and oxygen atoms in total. The van der Waals surface area contributed by atoms with Crippen molar-refractivity contribution in [2.75, 3.05) is 32.8 Å². The molecule has 0 radical (unpaired) electrons. The number of nitrogens with one attached hydrogen (secondary N) is 1. The molecule has 1 fully saturated rings. The Hall–Kier alpha value is -2.41. The molecule has 0 unspecified atom stereocenters. The van der Waals surface area contributed by atoms with Gasteiger partial charge in [-0.25, -0.2) is 0 Å². The Balaban J connectivity index is 1.24. The Kier molecular flexibility index (Phi) is 7.00. The van der Waals surface area contributed by atoms with Crippen molar-refractivity contribution in [2.24, 2.45) is 0 Å². The van der Waals surface area contributed by atoms with Crippen molar-refractivity contribution >= 4 is 5.91 Å². The Morgan fingerprint density at radius 1 is 1.17 bits per heavy atom. The lowest BCUT2D eigenvalue weighted by atomic mass is 10.00. The van der Waals surface area contributed by atoms with E-state index in [1.807, 2.05) is 12.1 Å². The van der Waals surface area contributed by atoms with Crippen molar-refractivity contribution in [3.63, 3.8) is 0 Å². The van der Waals surface area contributed by atoms with Crippen molar-refractivity contribution in [2.45, 2.75) is 38.0 Å². The van der Waals surface area contributed by atoms with Gasteiger partial charge in [0.2, 0.25) is 0 Å². The number of fused-ring (bicyclic) bond motifs is 1. The second kappa shape index (κ2) is 10.1. The Labute approximate surface area is 177 Å². The second-order valence-electron chi connectivity index (χ2n) is 8.08. The van der Waals surface area contributed by atoms with Crippen LogP contribution < -0.4 is 10.1 Å². The Bertz CT molecular complexity index is 851. The number of aliphatic hydroxyl groups is 1. The molecule has 160 valence electrons. The number of amides is 1. The highest BCUT2D eigenvalue weighted by Crippen LogP contribution is 2.20. The van der Waals surface area contributed by atoms with Crippen LogP contribution in [0.4, 0.5) is 0 Å². The molecule has 2 heterocycles. The first-order chi connectivity index (χ1) is 14.7. The molecule has 0 aliphatic carbocycles. The standard InChI is InChI=1S/C24H30N2O4/c27-21(17-26-11-8-18-4-1-2-5-20(18)16-26)15-25-24(28)19-6-3-7-23(14-19)30-22-9-12-29-13-10-22/h1-7,14,21-22,27H,8-13,15-17H2,(H,25,28)/t21-/m0/s1. The molecule has 0 spiro atoms. The summed E-state index contributed by atoms with van der Waals surface area (Å²) in [6, 6.07) is 15.7. The summed E-state index contributed by atoms with van der Waals surface area (Å²) < 4.78 is 11.3. The molecule has 2 aliphatic heterocycles. The molecule has 2 aromatic carbocycles. The number of hydrogen-bond donors (Lipinski definition) is 2. The largest absolute Gasteiger partial charge is 0.490 e. The van der Waals surface area contributed by atoms with Crippen molar-refractivity contribution in [3.8, 4) is 5.75 Å². The highest BCUT2D eigenvalue weighted by Gasteiger charge is 2.19. The summed E-state index contributed by atoms with van der Waals surface area (Å²) in [7, 11) is 0. The van der Waals surface area contributed by atoms with Crippen LogP contribution in [0.1, 0.15) is 34.3 Å². The van der Waals surface area contributed by atoms with Crippen LogP contribution in [0.3, 0.4) is 0 Å². The third-order valence-electron chi connectivity index (χ3n) is 5.74. The van der Waals surface area contributed by atoms with E-state index in [1.165, 1.54) is 11.1 Å². The monoisotopic (exact) mass is 410 g/mol. The molecule has 2 N–H and O–H groups in total. The number of ether oxygens (including phenoxy) is 2. The molecule has 30 heavy (non-hydrogen) atoms. The van der Waals surface area contributed by atoms with Gasteiger partial charge in [-0.2, -0.15) is 0 Å². The molecule has 2 aromatic rings. The molecular weight excluding hydrogens is 380 g/mol. The maximum atomic E-state index is 12.5. The van der Waals surface area contributed by atoms with Gasteiger partial charge >= 0.3 is 0 Å². The van der Waals surface area contributed by atoms with Gasteiger partial charge in [0.05, 0.1) is 19.3 Å². The zero-order valence-corrected chi connectivity index (χ0v) is 17.3. The van der Waals surface area contributed by atoms with Gasteiger partial charge in [0.15, 0.2) is 0 Å². The molecule has 0 aromatic heterocycles. The molecule has 1 atom stereocenters. The molecular formula is C24H30N2O4. The number of carbonyl (C=O) groups is 1. The smallest absolute Gasteiger partial charge is 0.251 e. The van der Waals surface area contributed by atoms with E-state index in [4.69, 9.17) is 9.47 Å². The predicted molar refractivity (Wildman–Crippen MR) is 115 cm³/mol. The summed E-state index contributed by atoms with van der Waals surface area (Å²) in [5.74, 6) is 0.498. The van der Waals surface area contributed by atoms with Crippen LogP contribution in [0.5, 0.6) is 5.75 Å². The average Bonchev–Trinajstić information content (AvgIpc) is 2.78.